The van der Waals surface area contributed by atoms with Gasteiger partial charge >= 0.3 is 0 Å². The van der Waals surface area contributed by atoms with Gasteiger partial charge in [-0.1, -0.05) is 152 Å². The second-order valence-electron chi connectivity index (χ2n) is 20.1. The largest absolute Gasteiger partial charge is 0.347 e. The van der Waals surface area contributed by atoms with Crippen molar-refractivity contribution in [2.75, 3.05) is 26.6 Å². The van der Waals surface area contributed by atoms with Gasteiger partial charge in [0, 0.05) is 94.7 Å². The van der Waals surface area contributed by atoms with Crippen molar-refractivity contribution >= 4 is 58.0 Å². The third-order valence-electron chi connectivity index (χ3n) is 13.9. The number of nitrogens with zero attached hydrogens (tertiary/aromatic N) is 5. The van der Waals surface area contributed by atoms with Gasteiger partial charge in [-0.15, -0.1) is 0 Å². The van der Waals surface area contributed by atoms with E-state index in [1.807, 2.05) is 0 Å². The molecule has 0 saturated carbocycles. The number of fused-ring (bicyclic) bond motifs is 10. The van der Waals surface area contributed by atoms with Gasteiger partial charge in [-0.3, -0.25) is 47.9 Å². The van der Waals surface area contributed by atoms with E-state index in [0.717, 1.165) is 27.8 Å². The lowest BCUT2D eigenvalue weighted by Gasteiger charge is -2.16. The van der Waals surface area contributed by atoms with E-state index >= 15 is 0 Å². The van der Waals surface area contributed by atoms with Gasteiger partial charge in [0.05, 0.1) is 0 Å². The zero-order chi connectivity index (χ0) is 59.1. The van der Waals surface area contributed by atoms with Crippen LogP contribution in [0.15, 0.2) is 238 Å². The Morgan fingerprint density at radius 2 is 0.365 bits per heavy atom. The van der Waals surface area contributed by atoms with Crippen molar-refractivity contribution in [2.45, 2.75) is 32.7 Å². The van der Waals surface area contributed by atoms with Crippen molar-refractivity contribution in [2.24, 2.45) is 0 Å². The Morgan fingerprint density at radius 3 is 0.518 bits per heavy atom. The van der Waals surface area contributed by atoms with Crippen molar-refractivity contribution < 1.29 is 24.0 Å². The number of amides is 5. The maximum Gasteiger partial charge on any atom is 0.261 e. The molecule has 85 heavy (non-hydrogen) atoms. The van der Waals surface area contributed by atoms with Crippen molar-refractivity contribution in [1.29, 1.82) is 0 Å². The molecule has 5 aromatic heterocycles. The van der Waals surface area contributed by atoms with E-state index in [-0.39, 0.29) is 32.7 Å². The van der Waals surface area contributed by atoms with Gasteiger partial charge in [0.25, 0.3) is 29.5 Å². The van der Waals surface area contributed by atoms with E-state index in [1.54, 1.807) is 152 Å². The van der Waals surface area contributed by atoms with E-state index in [4.69, 9.17) is 0 Å². The van der Waals surface area contributed by atoms with Crippen LogP contribution in [0.3, 0.4) is 0 Å². The molecule has 0 spiro atoms. The molecule has 1 aliphatic heterocycles. The Morgan fingerprint density at radius 1 is 0.212 bits per heavy atom. The fourth-order valence-electron chi connectivity index (χ4n) is 9.79. The lowest BCUT2D eigenvalue weighted by atomic mass is 10.1. The zero-order valence-corrected chi connectivity index (χ0v) is 45.1. The minimum absolute atomic E-state index is 0.0544. The molecule has 0 fully saturated rings. The highest BCUT2D eigenvalue weighted by Crippen LogP contribution is 2.19. The number of aromatic nitrogens is 5. The van der Waals surface area contributed by atoms with Crippen molar-refractivity contribution in [3.63, 3.8) is 0 Å². The van der Waals surface area contributed by atoms with Crippen LogP contribution in [-0.2, 0) is 32.7 Å². The number of nitrogens with one attached hydrogen (secondary N) is 5. The summed E-state index contributed by atoms with van der Waals surface area (Å²) in [4.78, 5) is 147. The van der Waals surface area contributed by atoms with Gasteiger partial charge < -0.3 is 49.4 Å². The molecule has 0 atom stereocenters. The molecule has 0 unspecified atom stereocenters. The summed E-state index contributed by atoms with van der Waals surface area (Å²) in [6.45, 7) is 0.272. The zero-order valence-electron chi connectivity index (χ0n) is 45.1. The van der Waals surface area contributed by atoms with Crippen LogP contribution in [-0.4, -0.2) is 52.4 Å². The molecule has 10 bridgehead atoms. The van der Waals surface area contributed by atoms with Crippen molar-refractivity contribution in [3.8, 4) is 0 Å². The Hall–Kier alpha value is -11.8. The molecule has 6 heterocycles. The molecule has 11 rings (SSSR count). The van der Waals surface area contributed by atoms with Gasteiger partial charge in [-0.25, -0.2) is 0 Å². The van der Waals surface area contributed by atoms with Gasteiger partial charge in [0.2, 0.25) is 27.1 Å². The minimum Gasteiger partial charge on any atom is -0.347 e. The summed E-state index contributed by atoms with van der Waals surface area (Å²) in [5, 5.41) is 12.6. The summed E-state index contributed by atoms with van der Waals surface area (Å²) in [5.74, 6) is -5.63. The third kappa shape index (κ3) is 12.6. The summed E-state index contributed by atoms with van der Waals surface area (Å²) in [7, 11) is 0. The summed E-state index contributed by atoms with van der Waals surface area (Å²) in [5.41, 5.74) is -6.74. The second-order valence-corrected chi connectivity index (χ2v) is 20.1. The molecule has 0 saturated heterocycles. The van der Waals surface area contributed by atoms with Gasteiger partial charge in [-0.05, 0) is 27.8 Å². The smallest absolute Gasteiger partial charge is 0.261 e. The lowest BCUT2D eigenvalue weighted by molar-refractivity contribution is 0.101. The van der Waals surface area contributed by atoms with E-state index < -0.39 is 113 Å². The van der Waals surface area contributed by atoms with Crippen molar-refractivity contribution in [3.05, 3.63) is 320 Å². The molecule has 5 amide bonds. The lowest BCUT2D eigenvalue weighted by Crippen LogP contribution is -2.32. The summed E-state index contributed by atoms with van der Waals surface area (Å²) in [6, 6.07) is 44.7. The molecule has 0 radical (unpaired) electrons. The van der Waals surface area contributed by atoms with Crippen LogP contribution in [0.4, 0.5) is 28.4 Å². The number of anilines is 5. The summed E-state index contributed by atoms with van der Waals surface area (Å²) in [6.07, 6.45) is 12.5. The number of carbonyl (C=O) groups is 5. The Bertz CT molecular complexity index is 3900. The highest BCUT2D eigenvalue weighted by Gasteiger charge is 2.27. The Kier molecular flexibility index (Phi) is 15.6. The van der Waals surface area contributed by atoms with Crippen LogP contribution < -0.4 is 53.7 Å². The Balaban J connectivity index is 1.11. The van der Waals surface area contributed by atoms with E-state index in [0.29, 0.717) is 0 Å². The highest BCUT2D eigenvalue weighted by molar-refractivity contribution is 6.11. The third-order valence-corrected chi connectivity index (χ3v) is 13.9. The first-order valence-electron chi connectivity index (χ1n) is 26.7. The van der Waals surface area contributed by atoms with Crippen LogP contribution in [0.5, 0.6) is 0 Å². The molecule has 5 aromatic carbocycles. The topological polar surface area (TPSA) is 255 Å². The van der Waals surface area contributed by atoms with Crippen LogP contribution in [0.25, 0.3) is 0 Å². The van der Waals surface area contributed by atoms with E-state index in [1.165, 1.54) is 84.8 Å². The molecule has 20 nitrogen and oxygen atoms in total. The first kappa shape index (κ1) is 55.1. The van der Waals surface area contributed by atoms with E-state index in [2.05, 4.69) is 26.6 Å². The van der Waals surface area contributed by atoms with Crippen LogP contribution in [0.1, 0.15) is 79.6 Å². The number of carbonyl (C=O) groups excluding carboxylic acids is 5. The summed E-state index contributed by atoms with van der Waals surface area (Å²) >= 11 is 0. The SMILES string of the molecule is O=C1Nc2cn(Cc3ccccc3)cc(c2=O)C(=O)Nc2cn(Cc3ccccc3)cc(c2=O)C(=O)Nc2cn(Cc3ccccc3)cc(c2=O)C(=O)Nc2cn(Cc3ccccc3)cc(c2=O)C(=O)Nc2cn(Cc3ccccc3)cc1c2=O. The number of pyridine rings is 5. The van der Waals surface area contributed by atoms with E-state index in [9.17, 15) is 47.9 Å². The predicted octanol–water partition coefficient (Wildman–Crippen LogP) is 7.31. The first-order valence-corrected chi connectivity index (χ1v) is 26.7. The number of rotatable bonds is 10. The number of hydrogen-bond donors (Lipinski definition) is 5. The number of hydrogen-bond acceptors (Lipinski definition) is 10. The molecule has 1 aliphatic rings. The maximum absolute atomic E-state index is 14.7. The molecule has 20 heteroatoms. The quantitative estimate of drug-likeness (QED) is 0.0912. The molecule has 420 valence electrons. The molecular weight excluding hydrogens is 1080 g/mol. The summed E-state index contributed by atoms with van der Waals surface area (Å²) < 4.78 is 7.26. The monoisotopic (exact) mass is 1130 g/mol. The van der Waals surface area contributed by atoms with Gasteiger partial charge in [-0.2, -0.15) is 0 Å². The molecule has 0 aliphatic carbocycles. The predicted molar refractivity (Wildman–Crippen MR) is 321 cm³/mol. The Labute approximate surface area is 482 Å². The standard InChI is InChI=1S/C65H50N10O10/c76-56-46-31-71(26-41-16-6-1-7-17-41)36-51(56)66-62(82)47-32-72(27-42-18-8-2-9-19-42)38-53(57(47)77)68-64(84)49-34-74(29-44-22-12-4-13-23-44)40-55(59(49)79)70-65(85)50-35-75(30-45-24-14-5-15-25-45)39-54(60(50)80)69-63(83)48-33-73(28-43-20-10-3-11-21-43)37-52(58(48)78)67-61(46)81/h1-25,31-40H,26-30H2,(H,66,82)(H,67,81)(H,68,84)(H,69,83)(H,70,85). The first-order chi connectivity index (χ1) is 41.2. The fraction of sp³-hybridized carbons (Fsp3) is 0.0769. The highest BCUT2D eigenvalue weighted by atomic mass is 16.2. The van der Waals surface area contributed by atoms with Gasteiger partial charge in [0.15, 0.2) is 0 Å². The molecular formula is C65H50N10O10. The molecule has 5 N–H and O–H groups in total. The van der Waals surface area contributed by atoms with Crippen molar-refractivity contribution in [1.82, 2.24) is 22.8 Å². The average molecular weight is 1130 g/mol. The van der Waals surface area contributed by atoms with Gasteiger partial charge in [0.1, 0.15) is 56.3 Å². The van der Waals surface area contributed by atoms with Crippen LogP contribution >= 0.6 is 0 Å². The average Bonchev–Trinajstić information content (AvgIpc) is 3.54. The fourth-order valence-corrected chi connectivity index (χ4v) is 9.79. The maximum atomic E-state index is 14.7. The van der Waals surface area contributed by atoms with Crippen LogP contribution in [0, 0.1) is 0 Å². The minimum atomic E-state index is -1.13. The number of benzene rings is 5. The normalized spacial score (nSPS) is 12.6. The molecule has 10 aromatic rings. The second kappa shape index (κ2) is 24.1. The van der Waals surface area contributed by atoms with Crippen LogP contribution in [0.2, 0.25) is 0 Å².